The molecule has 0 aliphatic heterocycles. The number of thioether (sulfide) groups is 1. The standard InChI is InChI=1S/C27H21ClF3N5O3S/c1-36-15-19(10-17-13-33-25(38-2)34-14-17)24(37)35-26(36)40-8-7-16-3-6-23(18(9-16)12-32)39-20-4-5-22(28)21(11-20)27(29,30)31/h3-6,9,11,13-15H,7-8,10H2,1-2H3. The number of aromatic nitrogens is 4. The lowest BCUT2D eigenvalue weighted by molar-refractivity contribution is -0.137. The number of benzene rings is 2. The molecule has 2 aromatic carbocycles. The van der Waals surface area contributed by atoms with Crippen molar-refractivity contribution in [3.63, 3.8) is 0 Å². The molecular weight excluding hydrogens is 567 g/mol. The lowest BCUT2D eigenvalue weighted by Crippen LogP contribution is -2.18. The summed E-state index contributed by atoms with van der Waals surface area (Å²) in [5, 5.41) is 9.67. The Labute approximate surface area is 236 Å². The first-order valence-electron chi connectivity index (χ1n) is 11.7. The van der Waals surface area contributed by atoms with Crippen LogP contribution in [0.5, 0.6) is 17.5 Å². The van der Waals surface area contributed by atoms with E-state index in [1.54, 1.807) is 42.3 Å². The molecule has 0 aliphatic rings. The summed E-state index contributed by atoms with van der Waals surface area (Å²) < 4.78 is 51.8. The van der Waals surface area contributed by atoms with E-state index in [0.29, 0.717) is 29.3 Å². The average Bonchev–Trinajstić information content (AvgIpc) is 2.92. The second kappa shape index (κ2) is 12.4. The lowest BCUT2D eigenvalue weighted by Gasteiger charge is -2.13. The number of alkyl halides is 3. The molecule has 0 spiro atoms. The maximum Gasteiger partial charge on any atom is 0.417 e. The quantitative estimate of drug-likeness (QED) is 0.178. The number of hydrogen-bond donors (Lipinski definition) is 0. The molecule has 0 N–H and O–H groups in total. The van der Waals surface area contributed by atoms with E-state index < -0.39 is 16.8 Å². The highest BCUT2D eigenvalue weighted by molar-refractivity contribution is 7.99. The first kappa shape index (κ1) is 28.9. The van der Waals surface area contributed by atoms with Gasteiger partial charge >= 0.3 is 12.2 Å². The first-order chi connectivity index (χ1) is 19.1. The topological polar surface area (TPSA) is 103 Å². The van der Waals surface area contributed by atoms with Crippen molar-refractivity contribution in [3.8, 4) is 23.6 Å². The molecule has 0 aliphatic carbocycles. The smallest absolute Gasteiger partial charge is 0.417 e. The SMILES string of the molecule is COc1ncc(Cc2cn(C)c(SCCc3ccc(Oc4ccc(Cl)c(C(F)(F)F)c4)c(C#N)c3)nc2=O)cn1. The minimum absolute atomic E-state index is 0.0912. The Bertz CT molecular complexity index is 1620. The maximum absolute atomic E-state index is 13.2. The van der Waals surface area contributed by atoms with Crippen LogP contribution in [0.25, 0.3) is 0 Å². The van der Waals surface area contributed by atoms with Gasteiger partial charge in [-0.3, -0.25) is 4.79 Å². The molecule has 0 saturated carbocycles. The van der Waals surface area contributed by atoms with Crippen molar-refractivity contribution < 1.29 is 22.6 Å². The third-order valence-corrected chi connectivity index (χ3v) is 7.01. The third kappa shape index (κ3) is 7.11. The molecule has 0 amide bonds. The summed E-state index contributed by atoms with van der Waals surface area (Å²) in [6.45, 7) is 0. The predicted molar refractivity (Wildman–Crippen MR) is 143 cm³/mol. The Kier molecular flexibility index (Phi) is 8.96. The van der Waals surface area contributed by atoms with Gasteiger partial charge in [-0.2, -0.15) is 23.4 Å². The number of ether oxygens (including phenoxy) is 2. The molecule has 0 atom stereocenters. The van der Waals surface area contributed by atoms with Crippen molar-refractivity contribution in [1.82, 2.24) is 19.5 Å². The number of nitriles is 1. The van der Waals surface area contributed by atoms with Gasteiger partial charge in [-0.05, 0) is 47.9 Å². The van der Waals surface area contributed by atoms with E-state index >= 15 is 0 Å². The molecule has 2 heterocycles. The second-order valence-corrected chi connectivity index (χ2v) is 9.97. The lowest BCUT2D eigenvalue weighted by atomic mass is 10.1. The summed E-state index contributed by atoms with van der Waals surface area (Å²) in [5.74, 6) is 0.589. The molecule has 206 valence electrons. The largest absolute Gasteiger partial charge is 0.467 e. The van der Waals surface area contributed by atoms with Crippen LogP contribution < -0.4 is 15.0 Å². The zero-order valence-electron chi connectivity index (χ0n) is 21.2. The predicted octanol–water partition coefficient (Wildman–Crippen LogP) is 5.84. The third-order valence-electron chi connectivity index (χ3n) is 5.64. The molecule has 13 heteroatoms. The zero-order chi connectivity index (χ0) is 28.9. The van der Waals surface area contributed by atoms with Crippen LogP contribution >= 0.6 is 23.4 Å². The van der Waals surface area contributed by atoms with E-state index in [9.17, 15) is 23.2 Å². The molecule has 0 bridgehead atoms. The summed E-state index contributed by atoms with van der Waals surface area (Å²) >= 11 is 7.04. The summed E-state index contributed by atoms with van der Waals surface area (Å²) in [6.07, 6.45) is 1.14. The fourth-order valence-corrected chi connectivity index (χ4v) is 4.83. The van der Waals surface area contributed by atoms with Crippen LogP contribution in [-0.2, 0) is 26.1 Å². The van der Waals surface area contributed by atoms with Crippen molar-refractivity contribution in [3.05, 3.63) is 98.2 Å². The molecule has 40 heavy (non-hydrogen) atoms. The van der Waals surface area contributed by atoms with Gasteiger partial charge in [0, 0.05) is 43.4 Å². The number of hydrogen-bond acceptors (Lipinski definition) is 8. The Morgan fingerprint density at radius 3 is 2.55 bits per heavy atom. The summed E-state index contributed by atoms with van der Waals surface area (Å²) in [4.78, 5) is 24.9. The molecular formula is C27H21ClF3N5O3S. The Balaban J connectivity index is 1.40. The summed E-state index contributed by atoms with van der Waals surface area (Å²) in [7, 11) is 3.27. The minimum Gasteiger partial charge on any atom is -0.467 e. The van der Waals surface area contributed by atoms with Gasteiger partial charge in [0.2, 0.25) is 0 Å². The van der Waals surface area contributed by atoms with Crippen LogP contribution in [0.1, 0.15) is 27.8 Å². The van der Waals surface area contributed by atoms with E-state index in [1.807, 2.05) is 6.07 Å². The van der Waals surface area contributed by atoms with Gasteiger partial charge in [0.15, 0.2) is 5.16 Å². The van der Waals surface area contributed by atoms with Crippen LogP contribution in [0.2, 0.25) is 5.02 Å². The summed E-state index contributed by atoms with van der Waals surface area (Å²) in [5.41, 5.74) is 0.855. The molecule has 8 nitrogen and oxygen atoms in total. The van der Waals surface area contributed by atoms with Crippen LogP contribution in [-0.4, -0.2) is 32.4 Å². The summed E-state index contributed by atoms with van der Waals surface area (Å²) in [6, 6.07) is 10.3. The van der Waals surface area contributed by atoms with E-state index in [1.165, 1.54) is 31.0 Å². The highest BCUT2D eigenvalue weighted by atomic mass is 35.5. The van der Waals surface area contributed by atoms with Gasteiger partial charge in [-0.25, -0.2) is 9.97 Å². The maximum atomic E-state index is 13.2. The molecule has 0 unspecified atom stereocenters. The minimum atomic E-state index is -4.64. The van der Waals surface area contributed by atoms with Crippen molar-refractivity contribution in [2.45, 2.75) is 24.2 Å². The van der Waals surface area contributed by atoms with Crippen molar-refractivity contribution in [1.29, 1.82) is 5.26 Å². The van der Waals surface area contributed by atoms with Crippen LogP contribution in [0, 0.1) is 11.3 Å². The van der Waals surface area contributed by atoms with Gasteiger partial charge in [-0.1, -0.05) is 29.4 Å². The van der Waals surface area contributed by atoms with E-state index in [2.05, 4.69) is 15.0 Å². The number of nitrogens with zero attached hydrogens (tertiary/aromatic N) is 5. The molecule has 0 fully saturated rings. The molecule has 0 radical (unpaired) electrons. The number of rotatable bonds is 9. The number of methoxy groups -OCH3 is 1. The van der Waals surface area contributed by atoms with Gasteiger partial charge in [0.1, 0.15) is 17.6 Å². The Morgan fingerprint density at radius 2 is 1.88 bits per heavy atom. The fraction of sp³-hybridized carbons (Fsp3) is 0.222. The Hall–Kier alpha value is -4.08. The van der Waals surface area contributed by atoms with Crippen LogP contribution in [0.15, 0.2) is 64.9 Å². The average molecular weight is 588 g/mol. The molecule has 4 aromatic rings. The van der Waals surface area contributed by atoms with E-state index in [0.717, 1.165) is 23.3 Å². The van der Waals surface area contributed by atoms with E-state index in [-0.39, 0.29) is 28.6 Å². The fourth-order valence-electron chi connectivity index (χ4n) is 3.68. The second-order valence-electron chi connectivity index (χ2n) is 8.50. The molecule has 2 aromatic heterocycles. The van der Waals surface area contributed by atoms with Gasteiger partial charge in [0.05, 0.1) is 23.3 Å². The number of halogens is 4. The monoisotopic (exact) mass is 587 g/mol. The molecule has 0 saturated heterocycles. The van der Waals surface area contributed by atoms with Crippen molar-refractivity contribution in [2.75, 3.05) is 12.9 Å². The zero-order valence-corrected chi connectivity index (χ0v) is 22.8. The molecule has 4 rings (SSSR count). The van der Waals surface area contributed by atoms with Gasteiger partial charge in [0.25, 0.3) is 5.56 Å². The van der Waals surface area contributed by atoms with Gasteiger partial charge < -0.3 is 14.0 Å². The van der Waals surface area contributed by atoms with Crippen LogP contribution in [0.3, 0.4) is 0 Å². The van der Waals surface area contributed by atoms with Crippen LogP contribution in [0.4, 0.5) is 13.2 Å². The Morgan fingerprint density at radius 1 is 1.12 bits per heavy atom. The van der Waals surface area contributed by atoms with Crippen molar-refractivity contribution in [2.24, 2.45) is 7.05 Å². The number of aryl methyl sites for hydroxylation is 2. The van der Waals surface area contributed by atoms with Crippen molar-refractivity contribution >= 4 is 23.4 Å². The normalized spacial score (nSPS) is 11.2. The highest BCUT2D eigenvalue weighted by Gasteiger charge is 2.33. The highest BCUT2D eigenvalue weighted by Crippen LogP contribution is 2.38. The van der Waals surface area contributed by atoms with Gasteiger partial charge in [-0.15, -0.1) is 0 Å². The van der Waals surface area contributed by atoms with E-state index in [4.69, 9.17) is 21.1 Å². The first-order valence-corrected chi connectivity index (χ1v) is 13.1.